The molecule has 0 saturated carbocycles. The highest BCUT2D eigenvalue weighted by atomic mass is 35.5. The SMILES string of the molecule is Cl.O=S(=O)(NC1CCNCC1)c1ccc(F)cc1. The molecule has 0 spiro atoms. The third kappa shape index (κ3) is 3.91. The lowest BCUT2D eigenvalue weighted by Gasteiger charge is -2.23. The largest absolute Gasteiger partial charge is 0.317 e. The lowest BCUT2D eigenvalue weighted by Crippen LogP contribution is -2.42. The van der Waals surface area contributed by atoms with Crippen LogP contribution in [0.4, 0.5) is 4.39 Å². The van der Waals surface area contributed by atoms with E-state index >= 15 is 0 Å². The van der Waals surface area contributed by atoms with Gasteiger partial charge in [-0.05, 0) is 50.2 Å². The summed E-state index contributed by atoms with van der Waals surface area (Å²) in [5.41, 5.74) is 0. The fourth-order valence-electron chi connectivity index (χ4n) is 1.84. The molecular weight excluding hydrogens is 279 g/mol. The van der Waals surface area contributed by atoms with E-state index in [1.54, 1.807) is 0 Å². The minimum Gasteiger partial charge on any atom is -0.317 e. The molecule has 1 aliphatic rings. The zero-order valence-electron chi connectivity index (χ0n) is 9.73. The molecule has 1 heterocycles. The van der Waals surface area contributed by atoms with Crippen LogP contribution < -0.4 is 10.0 Å². The Labute approximate surface area is 112 Å². The van der Waals surface area contributed by atoms with Crippen LogP contribution in [0.1, 0.15) is 12.8 Å². The summed E-state index contributed by atoms with van der Waals surface area (Å²) in [5.74, 6) is -0.439. The van der Waals surface area contributed by atoms with Crippen molar-refractivity contribution in [1.82, 2.24) is 10.0 Å². The van der Waals surface area contributed by atoms with E-state index in [2.05, 4.69) is 10.0 Å². The zero-order valence-corrected chi connectivity index (χ0v) is 11.4. The van der Waals surface area contributed by atoms with Gasteiger partial charge in [0.25, 0.3) is 0 Å². The van der Waals surface area contributed by atoms with Gasteiger partial charge < -0.3 is 5.32 Å². The number of hydrogen-bond acceptors (Lipinski definition) is 3. The van der Waals surface area contributed by atoms with Gasteiger partial charge in [-0.1, -0.05) is 0 Å². The topological polar surface area (TPSA) is 58.2 Å². The van der Waals surface area contributed by atoms with Crippen LogP contribution in [0.2, 0.25) is 0 Å². The standard InChI is InChI=1S/C11H15FN2O2S.ClH/c12-9-1-3-11(4-2-9)17(15,16)14-10-5-7-13-8-6-10;/h1-4,10,13-14H,5-8H2;1H. The quantitative estimate of drug-likeness (QED) is 0.883. The fraction of sp³-hybridized carbons (Fsp3) is 0.455. The van der Waals surface area contributed by atoms with E-state index in [4.69, 9.17) is 0 Å². The molecule has 0 amide bonds. The Bertz CT molecular complexity index is 472. The zero-order chi connectivity index (χ0) is 12.3. The number of sulfonamides is 1. The number of nitrogens with one attached hydrogen (secondary N) is 2. The van der Waals surface area contributed by atoms with Crippen LogP contribution in [0, 0.1) is 5.82 Å². The van der Waals surface area contributed by atoms with Crippen molar-refractivity contribution < 1.29 is 12.8 Å². The van der Waals surface area contributed by atoms with E-state index in [9.17, 15) is 12.8 Å². The minimum absolute atomic E-state index is 0. The molecule has 1 aliphatic heterocycles. The summed E-state index contributed by atoms with van der Waals surface area (Å²) >= 11 is 0. The molecule has 0 bridgehead atoms. The molecule has 102 valence electrons. The van der Waals surface area contributed by atoms with Gasteiger partial charge >= 0.3 is 0 Å². The Morgan fingerprint density at radius 2 is 1.72 bits per heavy atom. The highest BCUT2D eigenvalue weighted by Crippen LogP contribution is 2.12. The van der Waals surface area contributed by atoms with Gasteiger partial charge in [0.2, 0.25) is 10.0 Å². The summed E-state index contributed by atoms with van der Waals surface area (Å²) in [6.45, 7) is 1.63. The number of halogens is 2. The first-order chi connectivity index (χ1) is 8.08. The summed E-state index contributed by atoms with van der Waals surface area (Å²) < 4.78 is 39.3. The van der Waals surface area contributed by atoms with Gasteiger partial charge in [0.1, 0.15) is 5.82 Å². The Kier molecular flexibility index (Phi) is 5.52. The van der Waals surface area contributed by atoms with E-state index in [-0.39, 0.29) is 23.3 Å². The minimum atomic E-state index is -3.52. The van der Waals surface area contributed by atoms with Gasteiger partial charge in [-0.3, -0.25) is 0 Å². The number of hydrogen-bond donors (Lipinski definition) is 2. The second-order valence-electron chi connectivity index (χ2n) is 4.10. The molecule has 2 N–H and O–H groups in total. The van der Waals surface area contributed by atoms with Crippen molar-refractivity contribution in [2.75, 3.05) is 13.1 Å². The summed E-state index contributed by atoms with van der Waals surface area (Å²) in [6, 6.07) is 4.82. The van der Waals surface area contributed by atoms with Gasteiger partial charge in [0, 0.05) is 6.04 Å². The maximum absolute atomic E-state index is 12.7. The predicted octanol–water partition coefficient (Wildman–Crippen LogP) is 1.28. The van der Waals surface area contributed by atoms with E-state index in [0.717, 1.165) is 38.1 Å². The molecule has 0 aromatic heterocycles. The van der Waals surface area contributed by atoms with Crippen LogP contribution in [0.5, 0.6) is 0 Å². The lowest BCUT2D eigenvalue weighted by molar-refractivity contribution is 0.427. The smallest absolute Gasteiger partial charge is 0.240 e. The van der Waals surface area contributed by atoms with Gasteiger partial charge in [-0.25, -0.2) is 17.5 Å². The Hall–Kier alpha value is -0.690. The third-order valence-corrected chi connectivity index (χ3v) is 4.32. The van der Waals surface area contributed by atoms with Crippen molar-refractivity contribution in [3.8, 4) is 0 Å². The average molecular weight is 295 g/mol. The van der Waals surface area contributed by atoms with E-state index in [0.29, 0.717) is 0 Å². The van der Waals surface area contributed by atoms with Crippen molar-refractivity contribution in [2.24, 2.45) is 0 Å². The van der Waals surface area contributed by atoms with Crippen molar-refractivity contribution in [1.29, 1.82) is 0 Å². The summed E-state index contributed by atoms with van der Waals surface area (Å²) in [5, 5.41) is 3.16. The Morgan fingerprint density at radius 3 is 2.28 bits per heavy atom. The van der Waals surface area contributed by atoms with Crippen LogP contribution in [-0.2, 0) is 10.0 Å². The van der Waals surface area contributed by atoms with E-state index in [1.165, 1.54) is 12.1 Å². The Balaban J connectivity index is 0.00000162. The van der Waals surface area contributed by atoms with Gasteiger partial charge in [-0.15, -0.1) is 12.4 Å². The summed E-state index contributed by atoms with van der Waals surface area (Å²) in [7, 11) is -3.52. The molecule has 1 aromatic rings. The second-order valence-corrected chi connectivity index (χ2v) is 5.81. The van der Waals surface area contributed by atoms with Gasteiger partial charge in [0.05, 0.1) is 4.90 Å². The maximum atomic E-state index is 12.7. The van der Waals surface area contributed by atoms with Crippen LogP contribution >= 0.6 is 12.4 Å². The molecule has 7 heteroatoms. The fourth-order valence-corrected chi connectivity index (χ4v) is 3.15. The molecule has 0 aliphatic carbocycles. The van der Waals surface area contributed by atoms with E-state index in [1.807, 2.05) is 0 Å². The molecule has 18 heavy (non-hydrogen) atoms. The predicted molar refractivity (Wildman–Crippen MR) is 69.9 cm³/mol. The molecule has 1 fully saturated rings. The average Bonchev–Trinajstić information content (AvgIpc) is 2.30. The molecule has 1 aromatic carbocycles. The van der Waals surface area contributed by atoms with Crippen LogP contribution in [-0.4, -0.2) is 27.5 Å². The van der Waals surface area contributed by atoms with Crippen molar-refractivity contribution >= 4 is 22.4 Å². The molecule has 1 saturated heterocycles. The van der Waals surface area contributed by atoms with Gasteiger partial charge in [-0.2, -0.15) is 0 Å². The molecule has 0 unspecified atom stereocenters. The Morgan fingerprint density at radius 1 is 1.17 bits per heavy atom. The molecule has 2 rings (SSSR count). The molecule has 0 radical (unpaired) electrons. The highest BCUT2D eigenvalue weighted by Gasteiger charge is 2.21. The summed E-state index contributed by atoms with van der Waals surface area (Å²) in [6.07, 6.45) is 1.56. The van der Waals surface area contributed by atoms with Crippen molar-refractivity contribution in [3.63, 3.8) is 0 Å². The van der Waals surface area contributed by atoms with Crippen molar-refractivity contribution in [3.05, 3.63) is 30.1 Å². The number of rotatable bonds is 3. The normalized spacial score (nSPS) is 17.2. The number of piperidine rings is 1. The molecule has 0 atom stereocenters. The van der Waals surface area contributed by atoms with E-state index < -0.39 is 15.8 Å². The second kappa shape index (κ2) is 6.47. The molecule has 4 nitrogen and oxygen atoms in total. The summed E-state index contributed by atoms with van der Waals surface area (Å²) in [4.78, 5) is 0.109. The first kappa shape index (κ1) is 15.4. The monoisotopic (exact) mass is 294 g/mol. The van der Waals surface area contributed by atoms with Crippen molar-refractivity contribution in [2.45, 2.75) is 23.8 Å². The number of benzene rings is 1. The highest BCUT2D eigenvalue weighted by molar-refractivity contribution is 7.89. The maximum Gasteiger partial charge on any atom is 0.240 e. The first-order valence-corrected chi connectivity index (χ1v) is 7.05. The third-order valence-electron chi connectivity index (χ3n) is 2.78. The molecular formula is C11H16ClFN2O2S. The first-order valence-electron chi connectivity index (χ1n) is 5.56. The van der Waals surface area contributed by atoms with Crippen LogP contribution in [0.3, 0.4) is 0 Å². The van der Waals surface area contributed by atoms with Gasteiger partial charge in [0.15, 0.2) is 0 Å². The lowest BCUT2D eigenvalue weighted by atomic mass is 10.1. The van der Waals surface area contributed by atoms with Crippen LogP contribution in [0.15, 0.2) is 29.2 Å². The van der Waals surface area contributed by atoms with Crippen LogP contribution in [0.25, 0.3) is 0 Å².